The van der Waals surface area contributed by atoms with Crippen molar-refractivity contribution in [1.82, 2.24) is 0 Å². The third kappa shape index (κ3) is 2.36. The number of hydrogen-bond donors (Lipinski definition) is 1. The molecule has 2 heteroatoms. The lowest BCUT2D eigenvalue weighted by Gasteiger charge is -2.16. The smallest absolute Gasteiger partial charge is 0.105 e. The molecule has 0 bridgehead atoms. The lowest BCUT2D eigenvalue weighted by Crippen LogP contribution is -2.04. The van der Waals surface area contributed by atoms with Crippen LogP contribution in [-0.4, -0.2) is 5.11 Å². The van der Waals surface area contributed by atoms with Crippen molar-refractivity contribution in [2.45, 2.75) is 20.0 Å². The molecule has 0 aliphatic rings. The monoisotopic (exact) mass is 246 g/mol. The van der Waals surface area contributed by atoms with Crippen molar-refractivity contribution in [1.29, 1.82) is 0 Å². The molecule has 2 rings (SSSR count). The van der Waals surface area contributed by atoms with Gasteiger partial charge in [-0.05, 0) is 42.2 Å². The summed E-state index contributed by atoms with van der Waals surface area (Å²) in [6, 6.07) is 13.5. The first kappa shape index (κ1) is 12.2. The molecule has 1 unspecified atom stereocenters. The van der Waals surface area contributed by atoms with Gasteiger partial charge in [-0.15, -0.1) is 0 Å². The van der Waals surface area contributed by atoms with E-state index in [2.05, 4.69) is 0 Å². The predicted octanol–water partition coefficient (Wildman–Crippen LogP) is 4.04. The molecular weight excluding hydrogens is 232 g/mol. The standard InChI is InChI=1S/C15H15ClO/c1-10-6-3-4-7-12(10)15(17)13-8-5-9-14(16)11(13)2/h3-9,15,17H,1-2H3. The number of rotatable bonds is 2. The minimum atomic E-state index is -0.616. The van der Waals surface area contributed by atoms with Gasteiger partial charge in [0.25, 0.3) is 0 Å². The molecule has 0 aliphatic carbocycles. The summed E-state index contributed by atoms with van der Waals surface area (Å²) in [5, 5.41) is 11.1. The van der Waals surface area contributed by atoms with Gasteiger partial charge in [0, 0.05) is 5.02 Å². The zero-order valence-corrected chi connectivity index (χ0v) is 10.7. The Hall–Kier alpha value is -1.31. The molecule has 17 heavy (non-hydrogen) atoms. The highest BCUT2D eigenvalue weighted by molar-refractivity contribution is 6.31. The summed E-state index contributed by atoms with van der Waals surface area (Å²) in [6.07, 6.45) is -0.616. The Morgan fingerprint density at radius 1 is 0.941 bits per heavy atom. The van der Waals surface area contributed by atoms with Gasteiger partial charge in [-0.3, -0.25) is 0 Å². The number of aliphatic hydroxyl groups is 1. The highest BCUT2D eigenvalue weighted by Crippen LogP contribution is 2.29. The van der Waals surface area contributed by atoms with Crippen molar-refractivity contribution < 1.29 is 5.11 Å². The zero-order chi connectivity index (χ0) is 12.4. The van der Waals surface area contributed by atoms with Crippen LogP contribution in [0.1, 0.15) is 28.4 Å². The van der Waals surface area contributed by atoms with E-state index >= 15 is 0 Å². The molecule has 0 aliphatic heterocycles. The van der Waals surface area contributed by atoms with E-state index in [1.807, 2.05) is 56.3 Å². The maximum absolute atomic E-state index is 10.4. The molecule has 0 heterocycles. The van der Waals surface area contributed by atoms with Crippen LogP contribution in [0.25, 0.3) is 0 Å². The first-order valence-corrected chi connectivity index (χ1v) is 5.97. The quantitative estimate of drug-likeness (QED) is 0.848. The molecule has 0 fully saturated rings. The molecule has 1 nitrogen and oxygen atoms in total. The molecule has 0 radical (unpaired) electrons. The van der Waals surface area contributed by atoms with Gasteiger partial charge >= 0.3 is 0 Å². The largest absolute Gasteiger partial charge is 0.384 e. The first-order valence-electron chi connectivity index (χ1n) is 5.60. The van der Waals surface area contributed by atoms with Crippen LogP contribution in [0.4, 0.5) is 0 Å². The molecular formula is C15H15ClO. The van der Waals surface area contributed by atoms with E-state index in [0.717, 1.165) is 22.3 Å². The molecule has 2 aromatic carbocycles. The van der Waals surface area contributed by atoms with E-state index in [9.17, 15) is 5.11 Å². The van der Waals surface area contributed by atoms with Crippen molar-refractivity contribution in [3.63, 3.8) is 0 Å². The Bertz CT molecular complexity index is 534. The van der Waals surface area contributed by atoms with Gasteiger partial charge in [0.1, 0.15) is 6.10 Å². The molecule has 2 aromatic rings. The minimum Gasteiger partial charge on any atom is -0.384 e. The van der Waals surface area contributed by atoms with Crippen LogP contribution in [0.2, 0.25) is 5.02 Å². The summed E-state index contributed by atoms with van der Waals surface area (Å²) >= 11 is 6.07. The third-order valence-corrected chi connectivity index (χ3v) is 3.50. The number of benzene rings is 2. The van der Waals surface area contributed by atoms with E-state index < -0.39 is 6.10 Å². The number of aliphatic hydroxyl groups excluding tert-OH is 1. The highest BCUT2D eigenvalue weighted by atomic mass is 35.5. The Kier molecular flexibility index (Phi) is 3.51. The normalized spacial score (nSPS) is 12.5. The molecule has 0 saturated carbocycles. The van der Waals surface area contributed by atoms with Crippen molar-refractivity contribution in [2.24, 2.45) is 0 Å². The van der Waals surface area contributed by atoms with Gasteiger partial charge in [-0.25, -0.2) is 0 Å². The van der Waals surface area contributed by atoms with Crippen LogP contribution in [0, 0.1) is 13.8 Å². The first-order chi connectivity index (χ1) is 8.11. The Morgan fingerprint density at radius 3 is 2.29 bits per heavy atom. The molecule has 0 amide bonds. The van der Waals surface area contributed by atoms with Gasteiger partial charge in [-0.1, -0.05) is 48.0 Å². The summed E-state index contributed by atoms with van der Waals surface area (Å²) in [6.45, 7) is 3.93. The summed E-state index contributed by atoms with van der Waals surface area (Å²) < 4.78 is 0. The molecule has 1 atom stereocenters. The summed E-state index contributed by atoms with van der Waals surface area (Å²) in [5.74, 6) is 0. The third-order valence-electron chi connectivity index (χ3n) is 3.09. The average molecular weight is 247 g/mol. The Morgan fingerprint density at radius 2 is 1.59 bits per heavy atom. The average Bonchev–Trinajstić information content (AvgIpc) is 2.32. The van der Waals surface area contributed by atoms with Gasteiger partial charge < -0.3 is 5.11 Å². The molecule has 1 N–H and O–H groups in total. The van der Waals surface area contributed by atoms with Crippen molar-refractivity contribution in [3.8, 4) is 0 Å². The van der Waals surface area contributed by atoms with Crippen LogP contribution in [0.15, 0.2) is 42.5 Å². The maximum Gasteiger partial charge on any atom is 0.105 e. The van der Waals surface area contributed by atoms with E-state index in [4.69, 9.17) is 11.6 Å². The van der Waals surface area contributed by atoms with Crippen LogP contribution in [0.5, 0.6) is 0 Å². The SMILES string of the molecule is Cc1ccccc1C(O)c1cccc(Cl)c1C. The van der Waals surface area contributed by atoms with Gasteiger partial charge in [0.15, 0.2) is 0 Å². The number of aryl methyl sites for hydroxylation is 1. The predicted molar refractivity (Wildman–Crippen MR) is 71.4 cm³/mol. The van der Waals surface area contributed by atoms with E-state index in [-0.39, 0.29) is 0 Å². The summed E-state index contributed by atoms with van der Waals surface area (Å²) in [4.78, 5) is 0. The Balaban J connectivity index is 2.48. The lowest BCUT2D eigenvalue weighted by molar-refractivity contribution is 0.219. The van der Waals surface area contributed by atoms with E-state index in [1.165, 1.54) is 0 Å². The fourth-order valence-corrected chi connectivity index (χ4v) is 2.16. The molecule has 0 saturated heterocycles. The van der Waals surface area contributed by atoms with Gasteiger partial charge in [0.2, 0.25) is 0 Å². The molecule has 0 aromatic heterocycles. The number of hydrogen-bond acceptors (Lipinski definition) is 1. The second-order valence-corrected chi connectivity index (χ2v) is 4.62. The fraction of sp³-hybridized carbons (Fsp3) is 0.200. The van der Waals surface area contributed by atoms with Crippen LogP contribution in [0.3, 0.4) is 0 Å². The van der Waals surface area contributed by atoms with Crippen molar-refractivity contribution in [3.05, 3.63) is 69.7 Å². The minimum absolute atomic E-state index is 0.616. The maximum atomic E-state index is 10.4. The Labute approximate surface area is 107 Å². The van der Waals surface area contributed by atoms with Gasteiger partial charge in [-0.2, -0.15) is 0 Å². The lowest BCUT2D eigenvalue weighted by atomic mass is 9.95. The summed E-state index contributed by atoms with van der Waals surface area (Å²) in [7, 11) is 0. The fourth-order valence-electron chi connectivity index (χ4n) is 1.98. The topological polar surface area (TPSA) is 20.2 Å². The van der Waals surface area contributed by atoms with Crippen molar-refractivity contribution in [2.75, 3.05) is 0 Å². The van der Waals surface area contributed by atoms with Crippen molar-refractivity contribution >= 4 is 11.6 Å². The van der Waals surface area contributed by atoms with Gasteiger partial charge in [0.05, 0.1) is 0 Å². The van der Waals surface area contributed by atoms with E-state index in [1.54, 1.807) is 0 Å². The van der Waals surface area contributed by atoms with Crippen LogP contribution >= 0.6 is 11.6 Å². The number of halogens is 1. The van der Waals surface area contributed by atoms with Crippen LogP contribution < -0.4 is 0 Å². The second kappa shape index (κ2) is 4.91. The highest BCUT2D eigenvalue weighted by Gasteiger charge is 2.15. The molecule has 88 valence electrons. The zero-order valence-electron chi connectivity index (χ0n) is 9.94. The molecule has 0 spiro atoms. The van der Waals surface area contributed by atoms with Crippen LogP contribution in [-0.2, 0) is 0 Å². The second-order valence-electron chi connectivity index (χ2n) is 4.21. The summed E-state index contributed by atoms with van der Waals surface area (Å²) in [5.41, 5.74) is 3.81. The van der Waals surface area contributed by atoms with E-state index in [0.29, 0.717) is 5.02 Å².